The number of nitrogens with two attached hydrogens (primary N) is 2. The van der Waals surface area contributed by atoms with E-state index in [1.54, 1.807) is 49.4 Å². The van der Waals surface area contributed by atoms with Crippen molar-refractivity contribution in [3.05, 3.63) is 132 Å². The summed E-state index contributed by atoms with van der Waals surface area (Å²) in [4.78, 5) is 12.9. The van der Waals surface area contributed by atoms with Crippen LogP contribution >= 0.6 is 11.8 Å². The molecule has 0 unspecified atom stereocenters. The first-order valence-electron chi connectivity index (χ1n) is 16.3. The van der Waals surface area contributed by atoms with Crippen LogP contribution in [-0.4, -0.2) is 29.2 Å². The maximum Gasteiger partial charge on any atom is 1.00 e. The topological polar surface area (TPSA) is 263 Å². The monoisotopic (exact) mass is 809 g/mol. The molecule has 6 aromatic rings. The number of carboxylic acid groups (broad SMARTS) is 1. The molecule has 0 aliphatic heterocycles. The molecule has 0 aromatic heterocycles. The first kappa shape index (κ1) is 42.0. The van der Waals surface area contributed by atoms with E-state index in [2.05, 4.69) is 40.9 Å². The van der Waals surface area contributed by atoms with E-state index in [9.17, 15) is 23.4 Å². The SMILES string of the molecule is Cc1cc(N=Nc2ccc(Sc3ccc(N=Nc4ccc(O)c(C(=O)O)c4)cc3)cc2)c(N)c(N=Nc2ccc(N=Nc3ccc(S(=O)(=O)O)cc3)cc2)c1N.[Na+]. The maximum atomic E-state index is 11.2. The first-order valence-corrected chi connectivity index (χ1v) is 18.6. The van der Waals surface area contributed by atoms with Crippen molar-refractivity contribution >= 4 is 84.7 Å². The smallest absolute Gasteiger partial charge is 0.507 e. The van der Waals surface area contributed by atoms with Crippen LogP contribution in [0.25, 0.3) is 0 Å². The van der Waals surface area contributed by atoms with Crippen LogP contribution in [0.4, 0.5) is 56.9 Å². The van der Waals surface area contributed by atoms with Crippen LogP contribution in [-0.2, 0) is 10.1 Å². The number of benzene rings is 6. The number of hydrogen-bond donors (Lipinski definition) is 5. The summed E-state index contributed by atoms with van der Waals surface area (Å²) in [6, 6.07) is 32.5. The van der Waals surface area contributed by atoms with Gasteiger partial charge in [0.05, 0.1) is 50.4 Å². The van der Waals surface area contributed by atoms with Gasteiger partial charge in [-0.05, 0) is 134 Å². The molecule has 19 heteroatoms. The Morgan fingerprint density at radius 1 is 0.579 bits per heavy atom. The standard InChI is InChI=1S/C38H30N10O6S2.Na/c1-22-20-33(36(40)37(35(22)39)48-45-24-4-2-23(3-5-24)41-42-27-10-17-31(18-11-27)56(52,53)54)47-44-26-8-15-30(16-9-26)55-29-13-6-25(7-14-29)43-46-28-12-19-34(49)32(21-28)38(50)51;/h2-21,49H,39-40H2,1H3,(H,50,51)(H,52,53,54);/q;+1. The number of aromatic carboxylic acids is 1. The summed E-state index contributed by atoms with van der Waals surface area (Å²) in [5.74, 6) is -1.60. The Kier molecular flexibility index (Phi) is 13.7. The molecule has 6 rings (SSSR count). The summed E-state index contributed by atoms with van der Waals surface area (Å²) in [7, 11) is -4.29. The van der Waals surface area contributed by atoms with Crippen LogP contribution in [0.3, 0.4) is 0 Å². The minimum Gasteiger partial charge on any atom is -0.507 e. The number of azo groups is 4. The van der Waals surface area contributed by atoms with E-state index < -0.39 is 16.1 Å². The van der Waals surface area contributed by atoms with Gasteiger partial charge in [0.15, 0.2) is 0 Å². The third-order valence-electron chi connectivity index (χ3n) is 7.77. The fourth-order valence-electron chi connectivity index (χ4n) is 4.78. The minimum atomic E-state index is -4.29. The zero-order chi connectivity index (χ0) is 39.8. The summed E-state index contributed by atoms with van der Waals surface area (Å²) >= 11 is 1.53. The number of hydrogen-bond acceptors (Lipinski definition) is 15. The van der Waals surface area contributed by atoms with Gasteiger partial charge in [0.1, 0.15) is 22.7 Å². The third-order valence-corrected chi connectivity index (χ3v) is 9.65. The summed E-state index contributed by atoms with van der Waals surface area (Å²) in [6.45, 7) is 1.80. The molecule has 280 valence electrons. The van der Waals surface area contributed by atoms with Crippen molar-refractivity contribution < 1.29 is 57.5 Å². The molecule has 0 aliphatic rings. The molecular weight excluding hydrogens is 780 g/mol. The van der Waals surface area contributed by atoms with E-state index in [1.165, 1.54) is 54.2 Å². The average Bonchev–Trinajstić information content (AvgIpc) is 3.19. The molecule has 0 saturated carbocycles. The van der Waals surface area contributed by atoms with E-state index in [-0.39, 0.29) is 57.1 Å². The number of aryl methyl sites for hydroxylation is 1. The van der Waals surface area contributed by atoms with Crippen molar-refractivity contribution in [2.45, 2.75) is 21.6 Å². The predicted octanol–water partition coefficient (Wildman–Crippen LogP) is 8.63. The molecule has 0 heterocycles. The molecule has 57 heavy (non-hydrogen) atoms. The van der Waals surface area contributed by atoms with Crippen LogP contribution in [0.5, 0.6) is 5.75 Å². The minimum absolute atomic E-state index is 0. The summed E-state index contributed by atoms with van der Waals surface area (Å²) in [6.07, 6.45) is 0. The van der Waals surface area contributed by atoms with Crippen LogP contribution < -0.4 is 41.0 Å². The number of anilines is 2. The molecule has 0 saturated heterocycles. The Labute approximate surface area is 352 Å². The Bertz CT molecular complexity index is 2640. The van der Waals surface area contributed by atoms with Crippen molar-refractivity contribution in [3.8, 4) is 5.75 Å². The molecular formula is C38H30N10NaO6S2+. The van der Waals surface area contributed by atoms with Crippen molar-refractivity contribution in [2.24, 2.45) is 40.9 Å². The van der Waals surface area contributed by atoms with Gasteiger partial charge in [0, 0.05) is 9.79 Å². The van der Waals surface area contributed by atoms with Gasteiger partial charge in [0.2, 0.25) is 0 Å². The number of nitrogen functional groups attached to an aromatic ring is 2. The second-order valence-electron chi connectivity index (χ2n) is 11.8. The Morgan fingerprint density at radius 2 is 0.982 bits per heavy atom. The second kappa shape index (κ2) is 18.7. The van der Waals surface area contributed by atoms with Crippen LogP contribution in [0, 0.1) is 6.92 Å². The van der Waals surface area contributed by atoms with Crippen LogP contribution in [0.1, 0.15) is 15.9 Å². The molecule has 0 aliphatic carbocycles. The quantitative estimate of drug-likeness (QED) is 0.0342. The zero-order valence-electron chi connectivity index (χ0n) is 30.2. The first-order chi connectivity index (χ1) is 26.8. The molecule has 0 bridgehead atoms. The third kappa shape index (κ3) is 11.2. The van der Waals surface area contributed by atoms with Gasteiger partial charge in [-0.1, -0.05) is 11.8 Å². The van der Waals surface area contributed by atoms with Crippen molar-refractivity contribution in [3.63, 3.8) is 0 Å². The van der Waals surface area contributed by atoms with E-state index in [0.717, 1.165) is 9.79 Å². The van der Waals surface area contributed by atoms with Crippen LogP contribution in [0.2, 0.25) is 0 Å². The summed E-state index contributed by atoms with van der Waals surface area (Å²) in [5, 5.41) is 52.5. The molecule has 16 nitrogen and oxygen atoms in total. The van der Waals surface area contributed by atoms with Gasteiger partial charge < -0.3 is 21.7 Å². The number of aromatic hydroxyl groups is 1. The van der Waals surface area contributed by atoms with Gasteiger partial charge in [-0.3, -0.25) is 4.55 Å². The van der Waals surface area contributed by atoms with Crippen molar-refractivity contribution in [2.75, 3.05) is 11.5 Å². The van der Waals surface area contributed by atoms with Gasteiger partial charge in [-0.15, -0.1) is 10.2 Å². The number of carbonyl (C=O) groups is 1. The average molecular weight is 810 g/mol. The molecule has 0 fully saturated rings. The van der Waals surface area contributed by atoms with E-state index in [1.807, 2.05) is 36.4 Å². The van der Waals surface area contributed by atoms with Crippen molar-refractivity contribution in [1.29, 1.82) is 0 Å². The fraction of sp³-hybridized carbons (Fsp3) is 0.0263. The molecule has 0 spiro atoms. The van der Waals surface area contributed by atoms with Gasteiger partial charge >= 0.3 is 35.5 Å². The molecule has 7 N–H and O–H groups in total. The summed E-state index contributed by atoms with van der Waals surface area (Å²) < 4.78 is 31.5. The molecule has 0 amide bonds. The number of phenols is 1. The molecule has 0 radical (unpaired) electrons. The Balaban J connectivity index is 0.00000620. The largest absolute Gasteiger partial charge is 1.00 e. The molecule has 6 aromatic carbocycles. The predicted molar refractivity (Wildman–Crippen MR) is 211 cm³/mol. The normalized spacial score (nSPS) is 11.8. The van der Waals surface area contributed by atoms with E-state index in [4.69, 9.17) is 16.0 Å². The summed E-state index contributed by atoms with van der Waals surface area (Å²) in [5.41, 5.74) is 17.2. The number of carboxylic acids is 1. The number of rotatable bonds is 12. The van der Waals surface area contributed by atoms with Gasteiger partial charge in [-0.2, -0.15) is 39.1 Å². The molecule has 0 atom stereocenters. The van der Waals surface area contributed by atoms with Gasteiger partial charge in [0.25, 0.3) is 10.1 Å². The fourth-order valence-corrected chi connectivity index (χ4v) is 6.08. The number of nitrogens with zero attached hydrogens (tertiary/aromatic N) is 8. The van der Waals surface area contributed by atoms with E-state index >= 15 is 0 Å². The zero-order valence-corrected chi connectivity index (χ0v) is 33.8. The van der Waals surface area contributed by atoms with Crippen LogP contribution in [0.15, 0.2) is 177 Å². The maximum absolute atomic E-state index is 11.2. The Hall–Kier alpha value is -6.15. The Morgan fingerprint density at radius 3 is 1.46 bits per heavy atom. The van der Waals surface area contributed by atoms with E-state index in [0.29, 0.717) is 51.1 Å². The van der Waals surface area contributed by atoms with Crippen molar-refractivity contribution in [1.82, 2.24) is 0 Å². The van der Waals surface area contributed by atoms with Gasteiger partial charge in [-0.25, -0.2) is 4.79 Å². The second-order valence-corrected chi connectivity index (χ2v) is 14.3.